The molecule has 0 fully saturated rings. The van der Waals surface area contributed by atoms with Crippen LogP contribution in [0.4, 0.5) is 10.1 Å². The zero-order valence-corrected chi connectivity index (χ0v) is 11.4. The van der Waals surface area contributed by atoms with Gasteiger partial charge in [0.25, 0.3) is 0 Å². The van der Waals surface area contributed by atoms with Gasteiger partial charge in [0, 0.05) is 24.9 Å². The number of aryl methyl sites for hydroxylation is 1. The summed E-state index contributed by atoms with van der Waals surface area (Å²) in [5.74, 6) is -0.132. The van der Waals surface area contributed by atoms with Gasteiger partial charge >= 0.3 is 0 Å². The zero-order chi connectivity index (χ0) is 14.1. The van der Waals surface area contributed by atoms with Crippen LogP contribution in [0.3, 0.4) is 0 Å². The molecule has 2 aromatic rings. The maximum atomic E-state index is 13.7. The Labute approximate surface area is 113 Å². The Morgan fingerprint density at radius 1 is 1.00 bits per heavy atom. The van der Waals surface area contributed by atoms with Crippen LogP contribution in [-0.2, 0) is 13.0 Å². The van der Waals surface area contributed by atoms with Crippen LogP contribution in [0, 0.1) is 5.82 Å². The van der Waals surface area contributed by atoms with Gasteiger partial charge in [0.15, 0.2) is 0 Å². The first-order valence-electron chi connectivity index (χ1n) is 6.31. The smallest absolute Gasteiger partial charge is 0.128 e. The second-order valence-electron chi connectivity index (χ2n) is 3.95. The molecule has 2 rings (SSSR count). The summed E-state index contributed by atoms with van der Waals surface area (Å²) in [5.41, 5.74) is 2.84. The lowest BCUT2D eigenvalue weighted by Gasteiger charge is -2.11. The van der Waals surface area contributed by atoms with Gasteiger partial charge in [-0.3, -0.25) is 0 Å². The Bertz CT molecular complexity index is 485. The summed E-state index contributed by atoms with van der Waals surface area (Å²) in [6.07, 6.45) is 0.851. The van der Waals surface area contributed by atoms with Crippen molar-refractivity contribution >= 4 is 5.69 Å². The Hall–Kier alpha value is -1.87. The van der Waals surface area contributed by atoms with Crippen LogP contribution in [0.25, 0.3) is 0 Å². The largest absolute Gasteiger partial charge is 0.400 e. The van der Waals surface area contributed by atoms with Crippen molar-refractivity contribution in [3.63, 3.8) is 0 Å². The van der Waals surface area contributed by atoms with Crippen LogP contribution in [-0.4, -0.2) is 12.2 Å². The van der Waals surface area contributed by atoms with Crippen molar-refractivity contribution in [1.82, 2.24) is 0 Å². The highest BCUT2D eigenvalue weighted by molar-refractivity contribution is 5.44. The Balaban J connectivity index is 0.000000861. The summed E-state index contributed by atoms with van der Waals surface area (Å²) >= 11 is 0. The molecule has 3 heteroatoms. The van der Waals surface area contributed by atoms with Gasteiger partial charge in [0.1, 0.15) is 5.82 Å². The molecule has 0 unspecified atom stereocenters. The molecule has 0 aliphatic heterocycles. The molecule has 0 amide bonds. The molecule has 19 heavy (non-hydrogen) atoms. The normalized spacial score (nSPS) is 9.47. The predicted molar refractivity (Wildman–Crippen MR) is 77.7 cm³/mol. The van der Waals surface area contributed by atoms with Gasteiger partial charge in [-0.25, -0.2) is 4.39 Å². The molecule has 0 bridgehead atoms. The molecule has 0 aromatic heterocycles. The first-order chi connectivity index (χ1) is 9.31. The fourth-order valence-electron chi connectivity index (χ4n) is 1.88. The Morgan fingerprint density at radius 2 is 1.68 bits per heavy atom. The molecule has 2 nitrogen and oxygen atoms in total. The average Bonchev–Trinajstić information content (AvgIpc) is 2.49. The highest BCUT2D eigenvalue weighted by atomic mass is 19.1. The van der Waals surface area contributed by atoms with Crippen LogP contribution in [0.1, 0.15) is 18.1 Å². The van der Waals surface area contributed by atoms with Gasteiger partial charge in [0.2, 0.25) is 0 Å². The summed E-state index contributed by atoms with van der Waals surface area (Å²) < 4.78 is 13.7. The predicted octanol–water partition coefficient (Wildman–Crippen LogP) is 3.61. The van der Waals surface area contributed by atoms with Crippen molar-refractivity contribution in [3.05, 3.63) is 65.5 Å². The van der Waals surface area contributed by atoms with E-state index in [9.17, 15) is 4.39 Å². The summed E-state index contributed by atoms with van der Waals surface area (Å²) in [7, 11) is 1.00. The third-order valence-electron chi connectivity index (χ3n) is 2.84. The number of halogens is 1. The second kappa shape index (κ2) is 8.27. The van der Waals surface area contributed by atoms with Gasteiger partial charge in [-0.2, -0.15) is 0 Å². The standard InChI is InChI=1S/C15H16FN.CH4O/c1-2-12-7-6-10-15(16)14(12)11-17-13-8-4-3-5-9-13;1-2/h3-10,17H,2,11H2,1H3;2H,1H3. The maximum absolute atomic E-state index is 13.7. The van der Waals surface area contributed by atoms with Crippen LogP contribution >= 0.6 is 0 Å². The number of aliphatic hydroxyl groups excluding tert-OH is 1. The summed E-state index contributed by atoms with van der Waals surface area (Å²) in [6.45, 7) is 2.57. The van der Waals surface area contributed by atoms with Crippen molar-refractivity contribution in [3.8, 4) is 0 Å². The third kappa shape index (κ3) is 4.38. The summed E-state index contributed by atoms with van der Waals surface area (Å²) in [4.78, 5) is 0. The Morgan fingerprint density at radius 3 is 2.32 bits per heavy atom. The number of para-hydroxylation sites is 1. The molecule has 0 saturated heterocycles. The lowest BCUT2D eigenvalue weighted by molar-refractivity contribution is 0.399. The number of benzene rings is 2. The minimum absolute atomic E-state index is 0.132. The lowest BCUT2D eigenvalue weighted by Crippen LogP contribution is -2.05. The number of rotatable bonds is 4. The van der Waals surface area contributed by atoms with E-state index in [1.54, 1.807) is 6.07 Å². The molecule has 0 radical (unpaired) electrons. The molecule has 0 saturated carbocycles. The van der Waals surface area contributed by atoms with E-state index in [-0.39, 0.29) is 5.82 Å². The van der Waals surface area contributed by atoms with Gasteiger partial charge in [-0.15, -0.1) is 0 Å². The summed E-state index contributed by atoms with van der Waals surface area (Å²) in [5, 5.41) is 10.2. The van der Waals surface area contributed by atoms with Gasteiger partial charge in [-0.1, -0.05) is 37.3 Å². The van der Waals surface area contributed by atoms with Crippen molar-refractivity contribution in [2.75, 3.05) is 12.4 Å². The quantitative estimate of drug-likeness (QED) is 0.881. The van der Waals surface area contributed by atoms with Crippen LogP contribution in [0.2, 0.25) is 0 Å². The van der Waals surface area contributed by atoms with Crippen molar-refractivity contribution in [1.29, 1.82) is 0 Å². The molecular formula is C16H20FNO. The molecule has 0 atom stereocenters. The average molecular weight is 261 g/mol. The molecule has 0 spiro atoms. The van der Waals surface area contributed by atoms with E-state index in [0.717, 1.165) is 30.3 Å². The maximum Gasteiger partial charge on any atom is 0.128 e. The highest BCUT2D eigenvalue weighted by Gasteiger charge is 2.06. The Kier molecular flexibility index (Phi) is 6.61. The number of hydrogen-bond acceptors (Lipinski definition) is 2. The lowest BCUT2D eigenvalue weighted by atomic mass is 10.0. The molecule has 0 aliphatic rings. The minimum Gasteiger partial charge on any atom is -0.400 e. The first kappa shape index (κ1) is 15.2. The van der Waals surface area contributed by atoms with E-state index >= 15 is 0 Å². The fourth-order valence-corrected chi connectivity index (χ4v) is 1.88. The fraction of sp³-hybridized carbons (Fsp3) is 0.250. The van der Waals surface area contributed by atoms with E-state index in [0.29, 0.717) is 6.54 Å². The van der Waals surface area contributed by atoms with Crippen LogP contribution in [0.15, 0.2) is 48.5 Å². The van der Waals surface area contributed by atoms with Crippen molar-refractivity contribution < 1.29 is 9.50 Å². The zero-order valence-electron chi connectivity index (χ0n) is 11.4. The summed E-state index contributed by atoms with van der Waals surface area (Å²) in [6, 6.07) is 15.1. The van der Waals surface area contributed by atoms with E-state index in [2.05, 4.69) is 5.32 Å². The van der Waals surface area contributed by atoms with E-state index < -0.39 is 0 Å². The molecule has 2 aromatic carbocycles. The van der Waals surface area contributed by atoms with Gasteiger partial charge in [-0.05, 0) is 30.2 Å². The number of nitrogens with one attached hydrogen (secondary N) is 1. The molecule has 2 N–H and O–H groups in total. The SMILES string of the molecule is CCc1cccc(F)c1CNc1ccccc1.CO. The topological polar surface area (TPSA) is 32.3 Å². The number of aliphatic hydroxyl groups is 1. The first-order valence-corrected chi connectivity index (χ1v) is 6.31. The minimum atomic E-state index is -0.132. The van der Waals surface area contributed by atoms with Gasteiger partial charge < -0.3 is 10.4 Å². The van der Waals surface area contributed by atoms with E-state index in [4.69, 9.17) is 5.11 Å². The van der Waals surface area contributed by atoms with E-state index in [1.165, 1.54) is 6.07 Å². The second-order valence-corrected chi connectivity index (χ2v) is 3.95. The highest BCUT2D eigenvalue weighted by Crippen LogP contribution is 2.16. The molecule has 102 valence electrons. The molecule has 0 aliphatic carbocycles. The van der Waals surface area contributed by atoms with Gasteiger partial charge in [0.05, 0.1) is 0 Å². The monoisotopic (exact) mass is 261 g/mol. The molecule has 0 heterocycles. The van der Waals surface area contributed by atoms with Crippen molar-refractivity contribution in [2.45, 2.75) is 19.9 Å². The van der Waals surface area contributed by atoms with Crippen molar-refractivity contribution in [2.24, 2.45) is 0 Å². The molecular weight excluding hydrogens is 241 g/mol. The van der Waals surface area contributed by atoms with E-state index in [1.807, 2.05) is 43.3 Å². The third-order valence-corrected chi connectivity index (χ3v) is 2.84. The number of anilines is 1. The number of hydrogen-bond donors (Lipinski definition) is 2. The van der Waals surface area contributed by atoms with Crippen LogP contribution < -0.4 is 5.32 Å². The van der Waals surface area contributed by atoms with Crippen LogP contribution in [0.5, 0.6) is 0 Å².